The van der Waals surface area contributed by atoms with E-state index in [1.165, 1.54) is 0 Å². The van der Waals surface area contributed by atoms with Crippen molar-refractivity contribution in [3.63, 3.8) is 0 Å². The van der Waals surface area contributed by atoms with Gasteiger partial charge in [0.2, 0.25) is 0 Å². The van der Waals surface area contributed by atoms with Crippen molar-refractivity contribution in [2.45, 2.75) is 25.6 Å². The molecule has 1 aromatic heterocycles. The number of carboxylic acid groups (broad SMARTS) is 1. The van der Waals surface area contributed by atoms with Crippen LogP contribution in [0.5, 0.6) is 0 Å². The second kappa shape index (κ2) is 5.34. The first-order chi connectivity index (χ1) is 8.97. The molecule has 100 valence electrons. The van der Waals surface area contributed by atoms with Gasteiger partial charge in [-0.2, -0.15) is 0 Å². The first-order valence-corrected chi connectivity index (χ1v) is 5.92. The van der Waals surface area contributed by atoms with E-state index < -0.39 is 24.6 Å². The summed E-state index contributed by atoms with van der Waals surface area (Å²) in [5.41, 5.74) is 2.17. The molecule has 0 bridgehead atoms. The fourth-order valence-electron chi connectivity index (χ4n) is 1.94. The number of rotatable bonds is 4. The average Bonchev–Trinajstić information content (AvgIpc) is 2.36. The summed E-state index contributed by atoms with van der Waals surface area (Å²) in [6.07, 6.45) is -3.04. The largest absolute Gasteiger partial charge is 0.481 e. The zero-order valence-corrected chi connectivity index (χ0v) is 10.4. The minimum absolute atomic E-state index is 0.479. The molecule has 0 aliphatic rings. The van der Waals surface area contributed by atoms with E-state index in [1.54, 1.807) is 18.2 Å². The summed E-state index contributed by atoms with van der Waals surface area (Å²) in [5, 5.41) is 29.0. The number of pyridine rings is 1. The molecule has 5 nitrogen and oxygen atoms in total. The molecular formula is C14H15NO4. The number of aliphatic hydroxyl groups is 2. The van der Waals surface area contributed by atoms with Crippen LogP contribution in [0.15, 0.2) is 30.3 Å². The second-order valence-electron chi connectivity index (χ2n) is 4.51. The van der Waals surface area contributed by atoms with Gasteiger partial charge in [0, 0.05) is 11.1 Å². The Morgan fingerprint density at radius 1 is 1.26 bits per heavy atom. The van der Waals surface area contributed by atoms with Gasteiger partial charge in [-0.3, -0.25) is 9.78 Å². The molecule has 2 rings (SSSR count). The zero-order chi connectivity index (χ0) is 14.0. The van der Waals surface area contributed by atoms with Crippen molar-refractivity contribution in [2.24, 2.45) is 0 Å². The van der Waals surface area contributed by atoms with Gasteiger partial charge in [-0.25, -0.2) is 0 Å². The molecule has 5 heteroatoms. The number of aromatic nitrogens is 1. The predicted octanol–water partition coefficient (Wildman–Crippen LogP) is 1.41. The molecule has 3 N–H and O–H groups in total. The number of benzene rings is 1. The SMILES string of the molecule is Cc1ccc2cc(C(O)C(O)CC(=O)O)ccc2n1. The van der Waals surface area contributed by atoms with Crippen molar-refractivity contribution in [1.29, 1.82) is 0 Å². The Balaban J connectivity index is 2.30. The van der Waals surface area contributed by atoms with Gasteiger partial charge in [-0.05, 0) is 30.7 Å². The van der Waals surface area contributed by atoms with E-state index >= 15 is 0 Å². The highest BCUT2D eigenvalue weighted by molar-refractivity contribution is 5.79. The summed E-state index contributed by atoms with van der Waals surface area (Å²) in [6, 6.07) is 8.82. The van der Waals surface area contributed by atoms with Gasteiger partial charge >= 0.3 is 5.97 Å². The molecule has 1 heterocycles. The predicted molar refractivity (Wildman–Crippen MR) is 69.7 cm³/mol. The third-order valence-corrected chi connectivity index (χ3v) is 2.94. The topological polar surface area (TPSA) is 90.7 Å². The van der Waals surface area contributed by atoms with E-state index in [0.717, 1.165) is 16.6 Å². The lowest BCUT2D eigenvalue weighted by Crippen LogP contribution is -2.21. The number of nitrogens with zero attached hydrogens (tertiary/aromatic N) is 1. The molecule has 2 atom stereocenters. The average molecular weight is 261 g/mol. The van der Waals surface area contributed by atoms with Crippen LogP contribution in [-0.4, -0.2) is 32.4 Å². The number of hydrogen-bond acceptors (Lipinski definition) is 4. The number of aliphatic hydroxyl groups excluding tert-OH is 2. The van der Waals surface area contributed by atoms with E-state index in [2.05, 4.69) is 4.98 Å². The standard InChI is InChI=1S/C14H15NO4/c1-8-2-3-9-6-10(4-5-11(9)15-8)14(19)12(16)7-13(17)18/h2-6,12,14,16,19H,7H2,1H3,(H,17,18). The summed E-state index contributed by atoms with van der Waals surface area (Å²) in [4.78, 5) is 14.8. The van der Waals surface area contributed by atoms with E-state index in [0.29, 0.717) is 5.56 Å². The van der Waals surface area contributed by atoms with Crippen LogP contribution in [0.2, 0.25) is 0 Å². The molecule has 0 aliphatic heterocycles. The zero-order valence-electron chi connectivity index (χ0n) is 10.4. The first-order valence-electron chi connectivity index (χ1n) is 5.92. The normalized spacial score (nSPS) is 14.3. The second-order valence-corrected chi connectivity index (χ2v) is 4.51. The van der Waals surface area contributed by atoms with Gasteiger partial charge in [0.1, 0.15) is 6.10 Å². The summed E-state index contributed by atoms with van der Waals surface area (Å²) in [7, 11) is 0. The van der Waals surface area contributed by atoms with Crippen molar-refractivity contribution in [3.8, 4) is 0 Å². The molecule has 0 spiro atoms. The van der Waals surface area contributed by atoms with Crippen LogP contribution in [0.4, 0.5) is 0 Å². The molecule has 0 saturated carbocycles. The minimum Gasteiger partial charge on any atom is -0.481 e. The van der Waals surface area contributed by atoms with Gasteiger partial charge in [0.05, 0.1) is 18.0 Å². The molecule has 0 radical (unpaired) electrons. The van der Waals surface area contributed by atoms with Gasteiger partial charge in [-0.1, -0.05) is 12.1 Å². The summed E-state index contributed by atoms with van der Waals surface area (Å²) in [5.74, 6) is -1.15. The highest BCUT2D eigenvalue weighted by Gasteiger charge is 2.21. The van der Waals surface area contributed by atoms with Gasteiger partial charge in [0.15, 0.2) is 0 Å². The summed E-state index contributed by atoms with van der Waals surface area (Å²) < 4.78 is 0. The van der Waals surface area contributed by atoms with Gasteiger partial charge in [0.25, 0.3) is 0 Å². The summed E-state index contributed by atoms with van der Waals surface area (Å²) >= 11 is 0. The molecule has 1 aromatic carbocycles. The number of carboxylic acids is 1. The lowest BCUT2D eigenvalue weighted by Gasteiger charge is -2.16. The molecule has 2 aromatic rings. The molecular weight excluding hydrogens is 246 g/mol. The molecule has 0 aliphatic carbocycles. The highest BCUT2D eigenvalue weighted by atomic mass is 16.4. The van der Waals surface area contributed by atoms with Crippen LogP contribution < -0.4 is 0 Å². The summed E-state index contributed by atoms with van der Waals surface area (Å²) in [6.45, 7) is 1.89. The van der Waals surface area contributed by atoms with Crippen molar-refractivity contribution >= 4 is 16.9 Å². The Morgan fingerprint density at radius 3 is 2.68 bits per heavy atom. The number of aryl methyl sites for hydroxylation is 1. The fourth-order valence-corrected chi connectivity index (χ4v) is 1.94. The number of aliphatic carboxylic acids is 1. The minimum atomic E-state index is -1.33. The van der Waals surface area contributed by atoms with E-state index in [9.17, 15) is 15.0 Å². The van der Waals surface area contributed by atoms with Crippen LogP contribution in [0.1, 0.15) is 23.8 Å². The lowest BCUT2D eigenvalue weighted by molar-refractivity contribution is -0.141. The molecule has 0 amide bonds. The van der Waals surface area contributed by atoms with Crippen LogP contribution in [0.3, 0.4) is 0 Å². The smallest absolute Gasteiger partial charge is 0.306 e. The van der Waals surface area contributed by atoms with Crippen molar-refractivity contribution in [2.75, 3.05) is 0 Å². The maximum Gasteiger partial charge on any atom is 0.306 e. The molecule has 0 fully saturated rings. The third kappa shape index (κ3) is 3.07. The van der Waals surface area contributed by atoms with Crippen molar-refractivity contribution < 1.29 is 20.1 Å². The van der Waals surface area contributed by atoms with Crippen LogP contribution in [-0.2, 0) is 4.79 Å². The maximum absolute atomic E-state index is 10.5. The lowest BCUT2D eigenvalue weighted by atomic mass is 10.0. The fraction of sp³-hybridized carbons (Fsp3) is 0.286. The Bertz CT molecular complexity index is 611. The van der Waals surface area contributed by atoms with E-state index in [-0.39, 0.29) is 0 Å². The number of carbonyl (C=O) groups is 1. The number of fused-ring (bicyclic) bond motifs is 1. The maximum atomic E-state index is 10.5. The molecule has 19 heavy (non-hydrogen) atoms. The molecule has 2 unspecified atom stereocenters. The van der Waals surface area contributed by atoms with Crippen LogP contribution >= 0.6 is 0 Å². The van der Waals surface area contributed by atoms with Crippen molar-refractivity contribution in [1.82, 2.24) is 4.98 Å². The van der Waals surface area contributed by atoms with Crippen LogP contribution in [0.25, 0.3) is 10.9 Å². The van der Waals surface area contributed by atoms with Gasteiger partial charge in [-0.15, -0.1) is 0 Å². The van der Waals surface area contributed by atoms with E-state index in [4.69, 9.17) is 5.11 Å². The van der Waals surface area contributed by atoms with Crippen molar-refractivity contribution in [3.05, 3.63) is 41.6 Å². The Hall–Kier alpha value is -1.98. The first kappa shape index (κ1) is 13.5. The van der Waals surface area contributed by atoms with E-state index in [1.807, 2.05) is 19.1 Å². The monoisotopic (exact) mass is 261 g/mol. The van der Waals surface area contributed by atoms with Crippen LogP contribution in [0, 0.1) is 6.92 Å². The molecule has 0 saturated heterocycles. The Morgan fingerprint density at radius 2 is 2.00 bits per heavy atom. The quantitative estimate of drug-likeness (QED) is 0.774. The highest BCUT2D eigenvalue weighted by Crippen LogP contribution is 2.23. The Labute approximate surface area is 110 Å². The van der Waals surface area contributed by atoms with Gasteiger partial charge < -0.3 is 15.3 Å². The third-order valence-electron chi connectivity index (χ3n) is 2.94. The Kier molecular flexibility index (Phi) is 3.78. The number of hydrogen-bond donors (Lipinski definition) is 3.